The van der Waals surface area contributed by atoms with Gasteiger partial charge in [-0.3, -0.25) is 9.59 Å². The van der Waals surface area contributed by atoms with Crippen molar-refractivity contribution >= 4 is 17.9 Å². The van der Waals surface area contributed by atoms with E-state index in [-0.39, 0.29) is 11.6 Å². The normalized spacial score (nSPS) is 11.0. The summed E-state index contributed by atoms with van der Waals surface area (Å²) in [5.41, 5.74) is 7.43. The van der Waals surface area contributed by atoms with Gasteiger partial charge in [-0.05, 0) is 42.3 Å². The highest BCUT2D eigenvalue weighted by molar-refractivity contribution is 6.05. The van der Waals surface area contributed by atoms with Gasteiger partial charge in [-0.2, -0.15) is 0 Å². The van der Waals surface area contributed by atoms with Crippen molar-refractivity contribution in [2.75, 3.05) is 7.11 Å². The quantitative estimate of drug-likeness (QED) is 0.831. The zero-order chi connectivity index (χ0) is 16.8. The molecule has 2 aromatic carbocycles. The standard InChI is InChI=1S/C18H18N2O3/c1-12-5-3-4-6-15(12)18(22)20-16(17(19)21)11-13-7-9-14(23-2)10-8-13/h3-11H,1-2H3,(H2,19,21)(H,20,22). The predicted octanol–water partition coefficient (Wildman–Crippen LogP) is 2.26. The van der Waals surface area contributed by atoms with Crippen LogP contribution >= 0.6 is 0 Å². The van der Waals surface area contributed by atoms with Crippen molar-refractivity contribution in [3.05, 3.63) is 70.9 Å². The highest BCUT2D eigenvalue weighted by Gasteiger charge is 2.13. The molecule has 0 heterocycles. The van der Waals surface area contributed by atoms with Crippen LogP contribution in [0, 0.1) is 6.92 Å². The van der Waals surface area contributed by atoms with Crippen LogP contribution < -0.4 is 15.8 Å². The fourth-order valence-corrected chi connectivity index (χ4v) is 2.05. The SMILES string of the molecule is COc1ccc(C=C(NC(=O)c2ccccc2C)C(N)=O)cc1. The first-order valence-electron chi connectivity index (χ1n) is 7.04. The first-order valence-corrected chi connectivity index (χ1v) is 7.04. The molecule has 0 spiro atoms. The third kappa shape index (κ3) is 4.20. The molecule has 2 aromatic rings. The minimum atomic E-state index is -0.706. The molecule has 0 saturated heterocycles. The molecule has 0 saturated carbocycles. The van der Waals surface area contributed by atoms with Crippen LogP contribution in [0.5, 0.6) is 5.75 Å². The summed E-state index contributed by atoms with van der Waals surface area (Å²) in [7, 11) is 1.57. The third-order valence-electron chi connectivity index (χ3n) is 3.33. The van der Waals surface area contributed by atoms with Gasteiger partial charge in [0.2, 0.25) is 0 Å². The molecule has 23 heavy (non-hydrogen) atoms. The molecule has 0 aromatic heterocycles. The highest BCUT2D eigenvalue weighted by atomic mass is 16.5. The number of aryl methyl sites for hydroxylation is 1. The van der Waals surface area contributed by atoms with Crippen LogP contribution in [0.2, 0.25) is 0 Å². The molecule has 0 aliphatic heterocycles. The van der Waals surface area contributed by atoms with E-state index >= 15 is 0 Å². The van der Waals surface area contributed by atoms with Crippen molar-refractivity contribution in [3.63, 3.8) is 0 Å². The summed E-state index contributed by atoms with van der Waals surface area (Å²) in [4.78, 5) is 23.9. The minimum absolute atomic E-state index is 0.0309. The zero-order valence-corrected chi connectivity index (χ0v) is 13.0. The van der Waals surface area contributed by atoms with E-state index < -0.39 is 5.91 Å². The van der Waals surface area contributed by atoms with Crippen molar-refractivity contribution in [2.24, 2.45) is 5.73 Å². The first-order chi connectivity index (χ1) is 11.0. The molecule has 0 atom stereocenters. The van der Waals surface area contributed by atoms with E-state index in [0.29, 0.717) is 11.3 Å². The van der Waals surface area contributed by atoms with Crippen LogP contribution in [0.25, 0.3) is 6.08 Å². The number of carbonyl (C=O) groups excluding carboxylic acids is 2. The molecule has 0 fully saturated rings. The highest BCUT2D eigenvalue weighted by Crippen LogP contribution is 2.14. The summed E-state index contributed by atoms with van der Waals surface area (Å²) in [6.45, 7) is 1.83. The third-order valence-corrected chi connectivity index (χ3v) is 3.33. The summed E-state index contributed by atoms with van der Waals surface area (Å²) in [6, 6.07) is 14.2. The molecule has 2 rings (SSSR count). The number of hydrogen-bond donors (Lipinski definition) is 2. The number of carbonyl (C=O) groups is 2. The molecule has 0 aliphatic rings. The largest absolute Gasteiger partial charge is 0.497 e. The Morgan fingerprint density at radius 1 is 1.09 bits per heavy atom. The molecule has 5 heteroatoms. The van der Waals surface area contributed by atoms with Gasteiger partial charge in [-0.15, -0.1) is 0 Å². The smallest absolute Gasteiger partial charge is 0.265 e. The number of nitrogens with two attached hydrogens (primary N) is 1. The zero-order valence-electron chi connectivity index (χ0n) is 13.0. The Morgan fingerprint density at radius 3 is 2.30 bits per heavy atom. The molecular weight excluding hydrogens is 292 g/mol. The fraction of sp³-hybridized carbons (Fsp3) is 0.111. The van der Waals surface area contributed by atoms with Crippen LogP contribution in [0.3, 0.4) is 0 Å². The number of benzene rings is 2. The summed E-state index contributed by atoms with van der Waals surface area (Å²) >= 11 is 0. The van der Waals surface area contributed by atoms with Gasteiger partial charge in [0.25, 0.3) is 11.8 Å². The number of methoxy groups -OCH3 is 1. The molecule has 118 valence electrons. The van der Waals surface area contributed by atoms with E-state index in [4.69, 9.17) is 10.5 Å². The lowest BCUT2D eigenvalue weighted by atomic mass is 10.1. The van der Waals surface area contributed by atoms with Gasteiger partial charge in [0.15, 0.2) is 0 Å². The van der Waals surface area contributed by atoms with Gasteiger partial charge in [0, 0.05) is 5.56 Å². The van der Waals surface area contributed by atoms with Crippen LogP contribution in [-0.4, -0.2) is 18.9 Å². The van der Waals surface area contributed by atoms with Gasteiger partial charge < -0.3 is 15.8 Å². The summed E-state index contributed by atoms with van der Waals surface area (Å²) < 4.78 is 5.08. The molecule has 5 nitrogen and oxygen atoms in total. The minimum Gasteiger partial charge on any atom is -0.497 e. The summed E-state index contributed by atoms with van der Waals surface area (Å²) in [5.74, 6) is -0.379. The van der Waals surface area contributed by atoms with E-state index in [9.17, 15) is 9.59 Å². The number of rotatable bonds is 5. The van der Waals surface area contributed by atoms with Crippen molar-refractivity contribution in [1.82, 2.24) is 5.32 Å². The Hall–Kier alpha value is -3.08. The number of hydrogen-bond acceptors (Lipinski definition) is 3. The maximum absolute atomic E-state index is 12.3. The second-order valence-electron chi connectivity index (χ2n) is 4.96. The van der Waals surface area contributed by atoms with Crippen molar-refractivity contribution in [1.29, 1.82) is 0 Å². The maximum Gasteiger partial charge on any atom is 0.265 e. The van der Waals surface area contributed by atoms with Gasteiger partial charge in [0.1, 0.15) is 11.4 Å². The molecule has 0 bridgehead atoms. The van der Waals surface area contributed by atoms with Crippen molar-refractivity contribution in [2.45, 2.75) is 6.92 Å². The molecule has 3 N–H and O–H groups in total. The van der Waals surface area contributed by atoms with Crippen molar-refractivity contribution < 1.29 is 14.3 Å². The van der Waals surface area contributed by atoms with Crippen molar-refractivity contribution in [3.8, 4) is 5.75 Å². The Kier molecular flexibility index (Phi) is 5.15. The number of ether oxygens (including phenoxy) is 1. The van der Waals surface area contributed by atoms with Crippen LogP contribution in [0.4, 0.5) is 0 Å². The average molecular weight is 310 g/mol. The monoisotopic (exact) mass is 310 g/mol. The van der Waals surface area contributed by atoms with Gasteiger partial charge >= 0.3 is 0 Å². The van der Waals surface area contributed by atoms with Crippen LogP contribution in [0.1, 0.15) is 21.5 Å². The van der Waals surface area contributed by atoms with Gasteiger partial charge in [0.05, 0.1) is 7.11 Å². The van der Waals surface area contributed by atoms with E-state index in [1.807, 2.05) is 19.1 Å². The van der Waals surface area contributed by atoms with Crippen LogP contribution in [-0.2, 0) is 4.79 Å². The molecular formula is C18H18N2O3. The van der Waals surface area contributed by atoms with E-state index in [0.717, 1.165) is 11.1 Å². The van der Waals surface area contributed by atoms with E-state index in [1.165, 1.54) is 6.08 Å². The first kappa shape index (κ1) is 16.3. The summed E-state index contributed by atoms with van der Waals surface area (Å²) in [5, 5.41) is 2.57. The van der Waals surface area contributed by atoms with Crippen LogP contribution in [0.15, 0.2) is 54.2 Å². The predicted molar refractivity (Wildman–Crippen MR) is 88.8 cm³/mol. The van der Waals surface area contributed by atoms with E-state index in [2.05, 4.69) is 5.32 Å². The second-order valence-corrected chi connectivity index (χ2v) is 4.96. The number of primary amides is 1. The number of amides is 2. The topological polar surface area (TPSA) is 81.4 Å². The Morgan fingerprint density at radius 2 is 1.74 bits per heavy atom. The molecule has 0 unspecified atom stereocenters. The molecule has 0 radical (unpaired) electrons. The second kappa shape index (κ2) is 7.26. The Labute approximate surface area is 134 Å². The lowest BCUT2D eigenvalue weighted by Crippen LogP contribution is -2.31. The Bertz CT molecular complexity index is 749. The lowest BCUT2D eigenvalue weighted by molar-refractivity contribution is -0.114. The number of nitrogens with one attached hydrogen (secondary N) is 1. The Balaban J connectivity index is 2.24. The van der Waals surface area contributed by atoms with E-state index in [1.54, 1.807) is 43.5 Å². The fourth-order valence-electron chi connectivity index (χ4n) is 2.05. The van der Waals surface area contributed by atoms with Gasteiger partial charge in [-0.25, -0.2) is 0 Å². The molecule has 2 amide bonds. The maximum atomic E-state index is 12.3. The lowest BCUT2D eigenvalue weighted by Gasteiger charge is -2.09. The molecule has 0 aliphatic carbocycles. The van der Waals surface area contributed by atoms with Gasteiger partial charge in [-0.1, -0.05) is 30.3 Å². The summed E-state index contributed by atoms with van der Waals surface area (Å²) in [6.07, 6.45) is 1.53. The average Bonchev–Trinajstić information content (AvgIpc) is 2.55.